The molecule has 0 atom stereocenters. The summed E-state index contributed by atoms with van der Waals surface area (Å²) in [5.41, 5.74) is 0. The molecule has 0 aromatic rings. The van der Waals surface area contributed by atoms with Crippen LogP contribution < -0.4 is 9.44 Å². The number of carbonyl (C=O) groups excluding carboxylic acids is 2. The van der Waals surface area contributed by atoms with Gasteiger partial charge in [0.2, 0.25) is 11.8 Å². The van der Waals surface area contributed by atoms with E-state index in [0.29, 0.717) is 0 Å². The van der Waals surface area contributed by atoms with Gasteiger partial charge in [-0.15, -0.1) is 0 Å². The van der Waals surface area contributed by atoms with Gasteiger partial charge in [-0.25, -0.2) is 9.44 Å². The molecule has 0 radical (unpaired) electrons. The van der Waals surface area contributed by atoms with Crippen molar-refractivity contribution in [1.82, 2.24) is 9.44 Å². The van der Waals surface area contributed by atoms with Crippen molar-refractivity contribution in [3.8, 4) is 0 Å². The van der Waals surface area contributed by atoms with Gasteiger partial charge >= 0.3 is 10.2 Å². The molecule has 1 aliphatic heterocycles. The first-order valence-corrected chi connectivity index (χ1v) is 4.34. The number of rotatable bonds is 0. The van der Waals surface area contributed by atoms with Crippen molar-refractivity contribution in [2.75, 3.05) is 0 Å². The first kappa shape index (κ1) is 7.99. The Balaban J connectivity index is 2.88. The molecule has 0 saturated carbocycles. The second kappa shape index (κ2) is 2.50. The van der Waals surface area contributed by atoms with Crippen LogP contribution in [-0.4, -0.2) is 20.2 Å². The molecule has 0 bridgehead atoms. The van der Waals surface area contributed by atoms with Crippen molar-refractivity contribution in [2.24, 2.45) is 0 Å². The molecular formula is C4H6N2O4S. The Morgan fingerprint density at radius 3 is 1.73 bits per heavy atom. The smallest absolute Gasteiger partial charge is 0.274 e. The molecule has 7 heteroatoms. The minimum absolute atomic E-state index is 0.0922. The van der Waals surface area contributed by atoms with Crippen molar-refractivity contribution in [3.63, 3.8) is 0 Å². The Morgan fingerprint density at radius 2 is 1.36 bits per heavy atom. The minimum atomic E-state index is -3.92. The van der Waals surface area contributed by atoms with E-state index in [1.54, 1.807) is 9.44 Å². The van der Waals surface area contributed by atoms with Gasteiger partial charge in [0.1, 0.15) is 0 Å². The quantitative estimate of drug-likeness (QED) is 0.460. The summed E-state index contributed by atoms with van der Waals surface area (Å²) in [5.74, 6) is -1.33. The van der Waals surface area contributed by atoms with Crippen LogP contribution in [0.15, 0.2) is 0 Å². The monoisotopic (exact) mass is 178 g/mol. The Kier molecular flexibility index (Phi) is 1.81. The second-order valence-corrected chi connectivity index (χ2v) is 3.47. The van der Waals surface area contributed by atoms with Gasteiger partial charge in [-0.3, -0.25) is 9.59 Å². The predicted octanol–water partition coefficient (Wildman–Crippen LogP) is -1.74. The summed E-state index contributed by atoms with van der Waals surface area (Å²) in [5, 5.41) is 0. The average Bonchev–Trinajstić information content (AvgIpc) is 1.89. The minimum Gasteiger partial charge on any atom is -0.274 e. The number of nitrogens with one attached hydrogen (secondary N) is 2. The molecule has 2 amide bonds. The highest BCUT2D eigenvalue weighted by molar-refractivity contribution is 7.88. The molecule has 1 rings (SSSR count). The highest BCUT2D eigenvalue weighted by Crippen LogP contribution is 1.96. The van der Waals surface area contributed by atoms with Crippen LogP contribution in [0.25, 0.3) is 0 Å². The zero-order valence-corrected chi connectivity index (χ0v) is 6.27. The molecule has 1 saturated heterocycles. The van der Waals surface area contributed by atoms with Crippen molar-refractivity contribution in [1.29, 1.82) is 0 Å². The predicted molar refractivity (Wildman–Crippen MR) is 34.4 cm³/mol. The standard InChI is InChI=1S/C4H6N2O4S/c7-3-1-2-4(8)6-11(9,10)5-3/h1-2H2,(H,5,7)(H,6,8). The maximum Gasteiger partial charge on any atom is 0.325 e. The van der Waals surface area contributed by atoms with Crippen LogP contribution in [-0.2, 0) is 19.8 Å². The molecular weight excluding hydrogens is 172 g/mol. The summed E-state index contributed by atoms with van der Waals surface area (Å²) < 4.78 is 24.6. The van der Waals surface area contributed by atoms with Gasteiger partial charge in [-0.1, -0.05) is 0 Å². The summed E-state index contributed by atoms with van der Waals surface area (Å²) in [6, 6.07) is 0. The molecule has 1 fully saturated rings. The molecule has 0 spiro atoms. The van der Waals surface area contributed by atoms with E-state index in [4.69, 9.17) is 0 Å². The Bertz CT molecular complexity index is 269. The second-order valence-electron chi connectivity index (χ2n) is 2.05. The largest absolute Gasteiger partial charge is 0.325 e. The molecule has 1 heterocycles. The van der Waals surface area contributed by atoms with Gasteiger partial charge in [0, 0.05) is 12.8 Å². The molecule has 0 unspecified atom stereocenters. The molecule has 6 nitrogen and oxygen atoms in total. The number of hydrogen-bond donors (Lipinski definition) is 2. The van der Waals surface area contributed by atoms with Gasteiger partial charge < -0.3 is 0 Å². The van der Waals surface area contributed by atoms with Crippen LogP contribution in [0.3, 0.4) is 0 Å². The summed E-state index contributed by atoms with van der Waals surface area (Å²) in [6.45, 7) is 0. The lowest BCUT2D eigenvalue weighted by Gasteiger charge is -1.99. The van der Waals surface area contributed by atoms with E-state index in [2.05, 4.69) is 0 Å². The van der Waals surface area contributed by atoms with E-state index < -0.39 is 22.0 Å². The van der Waals surface area contributed by atoms with Crippen molar-refractivity contribution in [3.05, 3.63) is 0 Å². The van der Waals surface area contributed by atoms with Crippen LogP contribution in [0.1, 0.15) is 12.8 Å². The number of amides is 2. The van der Waals surface area contributed by atoms with Gasteiger partial charge in [0.25, 0.3) is 0 Å². The van der Waals surface area contributed by atoms with E-state index in [-0.39, 0.29) is 12.8 Å². The lowest BCUT2D eigenvalue weighted by atomic mass is 10.3. The SMILES string of the molecule is O=C1CCC(=O)NS(=O)(=O)N1. The molecule has 1 aliphatic rings. The highest BCUT2D eigenvalue weighted by atomic mass is 32.2. The highest BCUT2D eigenvalue weighted by Gasteiger charge is 2.22. The fraction of sp³-hybridized carbons (Fsp3) is 0.500. The van der Waals surface area contributed by atoms with Crippen molar-refractivity contribution < 1.29 is 18.0 Å². The van der Waals surface area contributed by atoms with Crippen LogP contribution in [0.2, 0.25) is 0 Å². The average molecular weight is 178 g/mol. The maximum atomic E-state index is 10.6. The maximum absolute atomic E-state index is 10.6. The zero-order valence-electron chi connectivity index (χ0n) is 5.46. The van der Waals surface area contributed by atoms with Crippen LogP contribution >= 0.6 is 0 Å². The molecule has 0 aromatic carbocycles. The van der Waals surface area contributed by atoms with Crippen LogP contribution in [0.5, 0.6) is 0 Å². The van der Waals surface area contributed by atoms with Gasteiger partial charge in [0.05, 0.1) is 0 Å². The fourth-order valence-corrected chi connectivity index (χ4v) is 1.51. The molecule has 0 aliphatic carbocycles. The van der Waals surface area contributed by atoms with E-state index in [1.165, 1.54) is 0 Å². The summed E-state index contributed by atoms with van der Waals surface area (Å²) >= 11 is 0. The molecule has 0 aromatic heterocycles. The lowest BCUT2D eigenvalue weighted by Crippen LogP contribution is -2.39. The van der Waals surface area contributed by atoms with E-state index in [0.717, 1.165) is 0 Å². The van der Waals surface area contributed by atoms with Gasteiger partial charge in [0.15, 0.2) is 0 Å². The lowest BCUT2D eigenvalue weighted by molar-refractivity contribution is -0.123. The summed E-state index contributed by atoms with van der Waals surface area (Å²) in [6.07, 6.45) is -0.184. The molecule has 2 N–H and O–H groups in total. The summed E-state index contributed by atoms with van der Waals surface area (Å²) in [4.78, 5) is 21.1. The number of hydrogen-bond acceptors (Lipinski definition) is 4. The Labute approximate surface area is 63.1 Å². The van der Waals surface area contributed by atoms with E-state index >= 15 is 0 Å². The summed E-state index contributed by atoms with van der Waals surface area (Å²) in [7, 11) is -3.92. The third-order valence-electron chi connectivity index (χ3n) is 1.08. The van der Waals surface area contributed by atoms with E-state index in [1.807, 2.05) is 0 Å². The topological polar surface area (TPSA) is 92.3 Å². The first-order chi connectivity index (χ1) is 4.99. The fourth-order valence-electron chi connectivity index (χ4n) is 0.654. The molecule has 11 heavy (non-hydrogen) atoms. The third-order valence-corrected chi connectivity index (χ3v) is 2.07. The third kappa shape index (κ3) is 2.19. The first-order valence-electron chi connectivity index (χ1n) is 2.86. The Hall–Kier alpha value is -1.11. The Morgan fingerprint density at radius 1 is 1.00 bits per heavy atom. The van der Waals surface area contributed by atoms with Crippen molar-refractivity contribution in [2.45, 2.75) is 12.8 Å². The van der Waals surface area contributed by atoms with Gasteiger partial charge in [-0.05, 0) is 0 Å². The normalized spacial score (nSPS) is 23.3. The van der Waals surface area contributed by atoms with Gasteiger partial charge in [-0.2, -0.15) is 8.42 Å². The van der Waals surface area contributed by atoms with Crippen LogP contribution in [0.4, 0.5) is 0 Å². The van der Waals surface area contributed by atoms with Crippen LogP contribution in [0, 0.1) is 0 Å². The molecule has 62 valence electrons. The zero-order chi connectivity index (χ0) is 8.48. The van der Waals surface area contributed by atoms with E-state index in [9.17, 15) is 18.0 Å². The number of carbonyl (C=O) groups is 2. The van der Waals surface area contributed by atoms with Crippen molar-refractivity contribution >= 4 is 22.0 Å².